The third-order valence-electron chi connectivity index (χ3n) is 3.31. The van der Waals surface area contributed by atoms with Crippen molar-refractivity contribution in [2.75, 3.05) is 0 Å². The number of carbonyl (C=O) groups excluding carboxylic acids is 1. The first-order valence-electron chi connectivity index (χ1n) is 5.25. The minimum atomic E-state index is -1.03. The molecule has 0 fully saturated rings. The van der Waals surface area contributed by atoms with Crippen LogP contribution in [0.4, 0.5) is 0 Å². The van der Waals surface area contributed by atoms with Crippen molar-refractivity contribution >= 4 is 18.3 Å². The van der Waals surface area contributed by atoms with Crippen molar-refractivity contribution in [2.24, 2.45) is 16.9 Å². The molecule has 1 atom stereocenters. The molecule has 0 aliphatic rings. The fourth-order valence-corrected chi connectivity index (χ4v) is 1.53. The van der Waals surface area contributed by atoms with Gasteiger partial charge in [-0.3, -0.25) is 9.78 Å². The molecule has 0 spiro atoms. The molecule has 1 aromatic heterocycles. The Bertz CT molecular complexity index is 377. The SMILES string of the molecule is CC(C)(Cc1ccncc1)[C@](C)(N)C(N)=O.Cl. The molecule has 1 amide bonds. The van der Waals surface area contributed by atoms with Gasteiger partial charge in [0.1, 0.15) is 0 Å². The number of rotatable bonds is 4. The molecular weight excluding hydrogens is 238 g/mol. The molecular formula is C12H20ClN3O. The van der Waals surface area contributed by atoms with Gasteiger partial charge in [0.05, 0.1) is 5.54 Å². The molecule has 96 valence electrons. The van der Waals surface area contributed by atoms with E-state index in [0.29, 0.717) is 6.42 Å². The summed E-state index contributed by atoms with van der Waals surface area (Å²) in [6.45, 7) is 5.56. The van der Waals surface area contributed by atoms with Crippen molar-refractivity contribution in [3.05, 3.63) is 30.1 Å². The average molecular weight is 258 g/mol. The summed E-state index contributed by atoms with van der Waals surface area (Å²) in [5, 5.41) is 0. The Morgan fingerprint density at radius 1 is 1.29 bits per heavy atom. The number of amides is 1. The van der Waals surface area contributed by atoms with Crippen molar-refractivity contribution in [3.8, 4) is 0 Å². The van der Waals surface area contributed by atoms with Crippen LogP contribution >= 0.6 is 12.4 Å². The zero-order valence-electron chi connectivity index (χ0n) is 10.4. The summed E-state index contributed by atoms with van der Waals surface area (Å²) < 4.78 is 0. The van der Waals surface area contributed by atoms with E-state index in [-0.39, 0.29) is 12.4 Å². The topological polar surface area (TPSA) is 82.0 Å². The van der Waals surface area contributed by atoms with E-state index >= 15 is 0 Å². The highest BCUT2D eigenvalue weighted by Gasteiger charge is 2.42. The lowest BCUT2D eigenvalue weighted by Crippen LogP contribution is -2.60. The highest BCUT2D eigenvalue weighted by Crippen LogP contribution is 2.32. The fraction of sp³-hybridized carbons (Fsp3) is 0.500. The van der Waals surface area contributed by atoms with Crippen LogP contribution in [0.5, 0.6) is 0 Å². The van der Waals surface area contributed by atoms with E-state index in [2.05, 4.69) is 4.98 Å². The van der Waals surface area contributed by atoms with Crippen LogP contribution in [0.15, 0.2) is 24.5 Å². The number of primary amides is 1. The molecule has 0 saturated carbocycles. The van der Waals surface area contributed by atoms with Gasteiger partial charge in [0.2, 0.25) is 5.91 Å². The molecule has 0 bridgehead atoms. The van der Waals surface area contributed by atoms with Gasteiger partial charge in [-0.15, -0.1) is 12.4 Å². The zero-order chi connectivity index (χ0) is 12.4. The molecule has 4 nitrogen and oxygen atoms in total. The van der Waals surface area contributed by atoms with E-state index in [4.69, 9.17) is 11.5 Å². The lowest BCUT2D eigenvalue weighted by Gasteiger charge is -2.38. The third-order valence-corrected chi connectivity index (χ3v) is 3.31. The summed E-state index contributed by atoms with van der Waals surface area (Å²) in [6.07, 6.45) is 4.14. The number of aromatic nitrogens is 1. The van der Waals surface area contributed by atoms with Gasteiger partial charge in [0, 0.05) is 12.4 Å². The highest BCUT2D eigenvalue weighted by atomic mass is 35.5. The lowest BCUT2D eigenvalue weighted by molar-refractivity contribution is -0.126. The Balaban J connectivity index is 0.00000256. The maximum atomic E-state index is 11.3. The molecule has 17 heavy (non-hydrogen) atoms. The van der Waals surface area contributed by atoms with E-state index in [1.54, 1.807) is 19.3 Å². The van der Waals surface area contributed by atoms with Crippen LogP contribution < -0.4 is 11.5 Å². The van der Waals surface area contributed by atoms with Gasteiger partial charge in [-0.2, -0.15) is 0 Å². The monoisotopic (exact) mass is 257 g/mol. The molecule has 0 aliphatic heterocycles. The molecule has 0 radical (unpaired) electrons. The molecule has 0 aliphatic carbocycles. The number of hydrogen-bond acceptors (Lipinski definition) is 3. The van der Waals surface area contributed by atoms with Crippen LogP contribution in [0.1, 0.15) is 26.3 Å². The molecule has 4 N–H and O–H groups in total. The Kier molecular flexibility index (Phi) is 5.11. The van der Waals surface area contributed by atoms with Crippen molar-refractivity contribution in [3.63, 3.8) is 0 Å². The predicted molar refractivity (Wildman–Crippen MR) is 70.8 cm³/mol. The summed E-state index contributed by atoms with van der Waals surface area (Å²) in [5.74, 6) is -0.480. The molecule has 0 aromatic carbocycles. The standard InChI is InChI=1S/C12H19N3O.ClH/c1-11(2,12(3,14)10(13)16)8-9-4-6-15-7-5-9;/h4-7H,8,14H2,1-3H3,(H2,13,16);1H/t12-;/m1./s1. The minimum absolute atomic E-state index is 0. The number of carbonyl (C=O) groups is 1. The van der Waals surface area contributed by atoms with E-state index in [1.807, 2.05) is 26.0 Å². The maximum Gasteiger partial charge on any atom is 0.237 e. The van der Waals surface area contributed by atoms with E-state index in [9.17, 15) is 4.79 Å². The second-order valence-electron chi connectivity index (χ2n) is 4.98. The second-order valence-corrected chi connectivity index (χ2v) is 4.98. The number of nitrogens with two attached hydrogens (primary N) is 2. The van der Waals surface area contributed by atoms with Gasteiger partial charge in [0.15, 0.2) is 0 Å². The van der Waals surface area contributed by atoms with Crippen LogP contribution in [-0.2, 0) is 11.2 Å². The lowest BCUT2D eigenvalue weighted by atomic mass is 9.70. The van der Waals surface area contributed by atoms with Crippen molar-refractivity contribution in [1.29, 1.82) is 0 Å². The van der Waals surface area contributed by atoms with Crippen LogP contribution in [0.3, 0.4) is 0 Å². The molecule has 0 unspecified atom stereocenters. The molecule has 0 saturated heterocycles. The molecule has 1 aromatic rings. The number of nitrogens with zero attached hydrogens (tertiary/aromatic N) is 1. The van der Waals surface area contributed by atoms with Crippen molar-refractivity contribution in [2.45, 2.75) is 32.7 Å². The summed E-state index contributed by atoms with van der Waals surface area (Å²) in [5.41, 5.74) is 11.0. The first kappa shape index (κ1) is 15.9. The van der Waals surface area contributed by atoms with Gasteiger partial charge in [-0.25, -0.2) is 0 Å². The number of hydrogen-bond donors (Lipinski definition) is 2. The quantitative estimate of drug-likeness (QED) is 0.852. The molecule has 1 heterocycles. The smallest absolute Gasteiger partial charge is 0.237 e. The Hall–Kier alpha value is -1.13. The summed E-state index contributed by atoms with van der Waals surface area (Å²) in [4.78, 5) is 15.3. The largest absolute Gasteiger partial charge is 0.368 e. The van der Waals surface area contributed by atoms with Crippen LogP contribution in [0, 0.1) is 5.41 Å². The van der Waals surface area contributed by atoms with E-state index in [1.165, 1.54) is 0 Å². The highest BCUT2D eigenvalue weighted by molar-refractivity contribution is 5.85. The fourth-order valence-electron chi connectivity index (χ4n) is 1.53. The van der Waals surface area contributed by atoms with Crippen molar-refractivity contribution in [1.82, 2.24) is 4.98 Å². The van der Waals surface area contributed by atoms with E-state index in [0.717, 1.165) is 5.56 Å². The van der Waals surface area contributed by atoms with Crippen LogP contribution in [0.25, 0.3) is 0 Å². The molecule has 1 rings (SSSR count). The van der Waals surface area contributed by atoms with E-state index < -0.39 is 16.9 Å². The Labute approximate surface area is 108 Å². The second kappa shape index (κ2) is 5.47. The Morgan fingerprint density at radius 2 is 1.76 bits per heavy atom. The normalized spacial score (nSPS) is 14.6. The zero-order valence-corrected chi connectivity index (χ0v) is 11.3. The third kappa shape index (κ3) is 3.41. The van der Waals surface area contributed by atoms with Gasteiger partial charge >= 0.3 is 0 Å². The van der Waals surface area contributed by atoms with Gasteiger partial charge < -0.3 is 11.5 Å². The maximum absolute atomic E-state index is 11.3. The first-order valence-corrected chi connectivity index (χ1v) is 5.25. The number of halogens is 1. The minimum Gasteiger partial charge on any atom is -0.368 e. The van der Waals surface area contributed by atoms with Gasteiger partial charge in [-0.05, 0) is 36.5 Å². The molecule has 5 heteroatoms. The van der Waals surface area contributed by atoms with Gasteiger partial charge in [0.25, 0.3) is 0 Å². The Morgan fingerprint density at radius 3 is 2.18 bits per heavy atom. The number of pyridine rings is 1. The van der Waals surface area contributed by atoms with Crippen molar-refractivity contribution < 1.29 is 4.79 Å². The van der Waals surface area contributed by atoms with Gasteiger partial charge in [-0.1, -0.05) is 13.8 Å². The van der Waals surface area contributed by atoms with Crippen LogP contribution in [0.2, 0.25) is 0 Å². The summed E-state index contributed by atoms with van der Waals surface area (Å²) in [7, 11) is 0. The first-order chi connectivity index (χ1) is 7.27. The van der Waals surface area contributed by atoms with Crippen LogP contribution in [-0.4, -0.2) is 16.4 Å². The average Bonchev–Trinajstić information content (AvgIpc) is 2.18. The summed E-state index contributed by atoms with van der Waals surface area (Å²) in [6, 6.07) is 3.83. The predicted octanol–water partition coefficient (Wildman–Crippen LogP) is 1.27. The summed E-state index contributed by atoms with van der Waals surface area (Å²) >= 11 is 0.